The number of hydrogen-bond acceptors (Lipinski definition) is 2. The van der Waals surface area contributed by atoms with E-state index in [9.17, 15) is 0 Å². The maximum atomic E-state index is 5.31. The van der Waals surface area contributed by atoms with Crippen LogP contribution < -0.4 is 0 Å². The van der Waals surface area contributed by atoms with E-state index in [2.05, 4.69) is 203 Å². The highest BCUT2D eigenvalue weighted by Crippen LogP contribution is 2.56. The lowest BCUT2D eigenvalue weighted by atomic mass is 9.74. The van der Waals surface area contributed by atoms with Gasteiger partial charge in [-0.3, -0.25) is 0 Å². The molecule has 270 valence electrons. The second kappa shape index (κ2) is 12.6. The Bertz CT molecular complexity index is 3030. The predicted octanol–water partition coefficient (Wildman–Crippen LogP) is 13.9. The third-order valence-electron chi connectivity index (χ3n) is 12.8. The second-order valence-corrected chi connectivity index (χ2v) is 16.3. The van der Waals surface area contributed by atoms with Gasteiger partial charge < -0.3 is 0 Å². The summed E-state index contributed by atoms with van der Waals surface area (Å²) in [6.07, 6.45) is 0. The highest BCUT2D eigenvalue weighted by molar-refractivity contribution is 5.99. The molecule has 0 fully saturated rings. The minimum atomic E-state index is -0.241. The summed E-state index contributed by atoms with van der Waals surface area (Å²) in [5, 5.41) is 2.52. The molecule has 2 aliphatic carbocycles. The van der Waals surface area contributed by atoms with Crippen LogP contribution in [0, 0.1) is 0 Å². The van der Waals surface area contributed by atoms with E-state index < -0.39 is 0 Å². The summed E-state index contributed by atoms with van der Waals surface area (Å²) >= 11 is 0. The first-order valence-electron chi connectivity index (χ1n) is 19.9. The molecule has 11 rings (SSSR count). The third kappa shape index (κ3) is 5.03. The summed E-state index contributed by atoms with van der Waals surface area (Å²) in [6, 6.07) is 68.4. The lowest BCUT2D eigenvalue weighted by molar-refractivity contribution is 0.661. The molecule has 0 aliphatic heterocycles. The molecule has 8 aromatic carbocycles. The smallest absolute Gasteiger partial charge is 0.160 e. The molecule has 1 atom stereocenters. The highest BCUT2D eigenvalue weighted by Gasteiger charge is 2.42. The van der Waals surface area contributed by atoms with Gasteiger partial charge >= 0.3 is 0 Å². The molecule has 1 unspecified atom stereocenters. The Kier molecular flexibility index (Phi) is 7.37. The highest BCUT2D eigenvalue weighted by atomic mass is 14.9. The molecular formula is C55H40N2. The molecule has 9 aromatic rings. The van der Waals surface area contributed by atoms with Crippen molar-refractivity contribution in [2.24, 2.45) is 0 Å². The fourth-order valence-electron chi connectivity index (χ4n) is 9.82. The number of aromatic nitrogens is 2. The first-order valence-corrected chi connectivity index (χ1v) is 19.9. The van der Waals surface area contributed by atoms with Crippen LogP contribution in [0.1, 0.15) is 48.6 Å². The van der Waals surface area contributed by atoms with Gasteiger partial charge in [-0.05, 0) is 97.1 Å². The van der Waals surface area contributed by atoms with E-state index in [4.69, 9.17) is 9.97 Å². The van der Waals surface area contributed by atoms with Crippen LogP contribution in [0.4, 0.5) is 0 Å². The van der Waals surface area contributed by atoms with Crippen LogP contribution in [-0.2, 0) is 10.8 Å². The lowest BCUT2D eigenvalue weighted by Crippen LogP contribution is -2.22. The molecule has 57 heavy (non-hydrogen) atoms. The van der Waals surface area contributed by atoms with Gasteiger partial charge in [0.05, 0.1) is 11.4 Å². The molecule has 0 radical (unpaired) electrons. The number of nitrogens with zero attached hydrogens (tertiary/aromatic N) is 2. The Balaban J connectivity index is 1.05. The third-order valence-corrected chi connectivity index (χ3v) is 12.8. The van der Waals surface area contributed by atoms with Gasteiger partial charge in [-0.1, -0.05) is 184 Å². The Hall–Kier alpha value is -6.90. The van der Waals surface area contributed by atoms with Crippen LogP contribution in [0.25, 0.3) is 78.1 Å². The molecule has 1 heterocycles. The van der Waals surface area contributed by atoms with Crippen molar-refractivity contribution in [3.05, 3.63) is 216 Å². The molecule has 1 aromatic heterocycles. The van der Waals surface area contributed by atoms with Gasteiger partial charge in [0.15, 0.2) is 5.82 Å². The molecular weight excluding hydrogens is 689 g/mol. The van der Waals surface area contributed by atoms with E-state index in [-0.39, 0.29) is 10.8 Å². The number of fused-ring (bicyclic) bond motifs is 7. The van der Waals surface area contributed by atoms with Crippen molar-refractivity contribution in [1.82, 2.24) is 9.97 Å². The van der Waals surface area contributed by atoms with Crippen LogP contribution in [-0.4, -0.2) is 9.97 Å². The van der Waals surface area contributed by atoms with Gasteiger partial charge in [-0.15, -0.1) is 0 Å². The summed E-state index contributed by atoms with van der Waals surface area (Å²) < 4.78 is 0. The zero-order valence-electron chi connectivity index (χ0n) is 32.3. The van der Waals surface area contributed by atoms with Crippen molar-refractivity contribution in [2.45, 2.75) is 31.6 Å². The Labute approximate surface area is 334 Å². The molecule has 0 bridgehead atoms. The van der Waals surface area contributed by atoms with Crippen molar-refractivity contribution < 1.29 is 0 Å². The second-order valence-electron chi connectivity index (χ2n) is 16.3. The first kappa shape index (κ1) is 33.4. The van der Waals surface area contributed by atoms with E-state index in [0.717, 1.165) is 33.9 Å². The van der Waals surface area contributed by atoms with Crippen molar-refractivity contribution in [3.8, 4) is 67.3 Å². The van der Waals surface area contributed by atoms with Crippen molar-refractivity contribution >= 4 is 10.8 Å². The normalized spacial score (nSPS) is 15.8. The van der Waals surface area contributed by atoms with Gasteiger partial charge in [-0.25, -0.2) is 9.97 Å². The summed E-state index contributed by atoms with van der Waals surface area (Å²) in [5.74, 6) is 0.721. The summed E-state index contributed by atoms with van der Waals surface area (Å²) in [7, 11) is 0. The van der Waals surface area contributed by atoms with Crippen molar-refractivity contribution in [2.75, 3.05) is 0 Å². The maximum absolute atomic E-state index is 5.31. The summed E-state index contributed by atoms with van der Waals surface area (Å²) in [4.78, 5) is 10.6. The molecule has 2 nitrogen and oxygen atoms in total. The average Bonchev–Trinajstić information content (AvgIpc) is 3.67. The van der Waals surface area contributed by atoms with Gasteiger partial charge in [0.1, 0.15) is 0 Å². The minimum absolute atomic E-state index is 0.144. The predicted molar refractivity (Wildman–Crippen MR) is 236 cm³/mol. The molecule has 0 N–H and O–H groups in total. The van der Waals surface area contributed by atoms with E-state index in [1.165, 1.54) is 72.0 Å². The lowest BCUT2D eigenvalue weighted by Gasteiger charge is -2.28. The van der Waals surface area contributed by atoms with Gasteiger partial charge in [0, 0.05) is 27.5 Å². The largest absolute Gasteiger partial charge is 0.228 e. The Morgan fingerprint density at radius 2 is 0.912 bits per heavy atom. The van der Waals surface area contributed by atoms with E-state index in [1.807, 2.05) is 6.07 Å². The Morgan fingerprint density at radius 3 is 1.68 bits per heavy atom. The fourth-order valence-corrected chi connectivity index (χ4v) is 9.82. The molecule has 0 saturated carbocycles. The Morgan fingerprint density at radius 1 is 0.351 bits per heavy atom. The molecule has 0 spiro atoms. The number of rotatable bonds is 5. The minimum Gasteiger partial charge on any atom is -0.228 e. The van der Waals surface area contributed by atoms with E-state index in [0.29, 0.717) is 0 Å². The first-order chi connectivity index (χ1) is 27.9. The zero-order valence-corrected chi connectivity index (χ0v) is 32.3. The standard InChI is InChI=1S/C55H40N2/c1-54(2)46-26-15-24-43(52(46)44-32-38-18-10-11-19-39(38)33-48(44)54)50-34-49(56-53(57-50)37-16-6-4-7-17-37)36-30-28-35(29-31-36)41-23-14-27-47-51(41)42-22-12-13-25-45(42)55(47,3)40-20-8-5-9-21-40/h4-34H,1-3H3. The quantitative estimate of drug-likeness (QED) is 0.176. The molecule has 2 heteroatoms. The average molecular weight is 729 g/mol. The van der Waals surface area contributed by atoms with Crippen LogP contribution in [0.2, 0.25) is 0 Å². The topological polar surface area (TPSA) is 25.8 Å². The fraction of sp³-hybridized carbons (Fsp3) is 0.0909. The summed E-state index contributed by atoms with van der Waals surface area (Å²) in [6.45, 7) is 7.07. The molecule has 0 saturated heterocycles. The number of hydrogen-bond donors (Lipinski definition) is 0. The molecule has 2 aliphatic rings. The SMILES string of the molecule is CC1(C)c2cc3ccccc3cc2-c2c(-c3cc(-c4ccc(-c5cccc6c5-c5ccccc5C6(C)c5ccccc5)cc4)nc(-c4ccccc4)n3)cccc21. The van der Waals surface area contributed by atoms with Gasteiger partial charge in [0.25, 0.3) is 0 Å². The van der Waals surface area contributed by atoms with Gasteiger partial charge in [0.2, 0.25) is 0 Å². The number of benzene rings is 8. The van der Waals surface area contributed by atoms with Crippen LogP contribution >= 0.6 is 0 Å². The summed E-state index contributed by atoms with van der Waals surface area (Å²) in [5.41, 5.74) is 18.9. The van der Waals surface area contributed by atoms with Gasteiger partial charge in [-0.2, -0.15) is 0 Å². The zero-order chi connectivity index (χ0) is 38.3. The molecule has 0 amide bonds. The van der Waals surface area contributed by atoms with Crippen molar-refractivity contribution in [3.63, 3.8) is 0 Å². The van der Waals surface area contributed by atoms with Crippen LogP contribution in [0.3, 0.4) is 0 Å². The van der Waals surface area contributed by atoms with Crippen molar-refractivity contribution in [1.29, 1.82) is 0 Å². The van der Waals surface area contributed by atoms with E-state index >= 15 is 0 Å². The maximum Gasteiger partial charge on any atom is 0.160 e. The van der Waals surface area contributed by atoms with Crippen LogP contribution in [0.15, 0.2) is 188 Å². The van der Waals surface area contributed by atoms with E-state index in [1.54, 1.807) is 0 Å². The monoisotopic (exact) mass is 728 g/mol. The van der Waals surface area contributed by atoms with Crippen LogP contribution in [0.5, 0.6) is 0 Å².